The number of aromatic nitrogens is 3. The third-order valence-corrected chi connectivity index (χ3v) is 5.47. The second kappa shape index (κ2) is 9.13. The SMILES string of the molecule is O=C1NCCCN(CC(F)(F)F)Cc2cccc(n2)Nc2cc([nH]n2)[C@@H]2CC[C@@H](C2)O1. The van der Waals surface area contributed by atoms with Crippen molar-refractivity contribution in [3.05, 3.63) is 35.7 Å². The number of carbonyl (C=O) groups is 1. The topological polar surface area (TPSA) is 95.2 Å². The van der Waals surface area contributed by atoms with E-state index in [9.17, 15) is 18.0 Å². The molecule has 2 atom stereocenters. The number of amides is 1. The van der Waals surface area contributed by atoms with Gasteiger partial charge < -0.3 is 15.4 Å². The smallest absolute Gasteiger partial charge is 0.407 e. The third-order valence-electron chi connectivity index (χ3n) is 5.47. The Morgan fingerprint density at radius 3 is 2.94 bits per heavy atom. The molecule has 1 saturated carbocycles. The number of halogens is 3. The zero-order chi connectivity index (χ0) is 21.8. The van der Waals surface area contributed by atoms with Crippen LogP contribution in [0.4, 0.5) is 29.6 Å². The first-order valence-electron chi connectivity index (χ1n) is 10.4. The number of rotatable bonds is 1. The predicted octanol–water partition coefficient (Wildman–Crippen LogP) is 3.68. The lowest BCUT2D eigenvalue weighted by Gasteiger charge is -2.23. The lowest BCUT2D eigenvalue weighted by atomic mass is 10.0. The minimum Gasteiger partial charge on any atom is -0.446 e. The van der Waals surface area contributed by atoms with E-state index in [1.54, 1.807) is 18.2 Å². The molecule has 8 nitrogen and oxygen atoms in total. The van der Waals surface area contributed by atoms with Gasteiger partial charge in [0.15, 0.2) is 5.82 Å². The second-order valence-corrected chi connectivity index (χ2v) is 7.99. The first-order valence-corrected chi connectivity index (χ1v) is 10.4. The van der Waals surface area contributed by atoms with Crippen molar-refractivity contribution >= 4 is 17.7 Å². The van der Waals surface area contributed by atoms with Gasteiger partial charge in [0.1, 0.15) is 11.9 Å². The Hall–Kier alpha value is -2.82. The first kappa shape index (κ1) is 21.4. The molecule has 3 heterocycles. The maximum absolute atomic E-state index is 13.0. The Morgan fingerprint density at radius 1 is 1.23 bits per heavy atom. The number of hydrogen-bond donors (Lipinski definition) is 3. The molecule has 2 aliphatic rings. The molecule has 1 aliphatic heterocycles. The lowest BCUT2D eigenvalue weighted by Crippen LogP contribution is -2.36. The van der Waals surface area contributed by atoms with Crippen LogP contribution in [-0.2, 0) is 11.3 Å². The molecule has 0 saturated heterocycles. The number of nitrogens with one attached hydrogen (secondary N) is 3. The van der Waals surface area contributed by atoms with Crippen molar-refractivity contribution in [2.24, 2.45) is 0 Å². The normalized spacial score (nSPS) is 23.3. The van der Waals surface area contributed by atoms with E-state index < -0.39 is 18.8 Å². The summed E-state index contributed by atoms with van der Waals surface area (Å²) in [6.45, 7) is -0.617. The number of aromatic amines is 1. The van der Waals surface area contributed by atoms with E-state index in [2.05, 4.69) is 25.8 Å². The Balaban J connectivity index is 1.54. The van der Waals surface area contributed by atoms with E-state index in [0.29, 0.717) is 30.2 Å². The summed E-state index contributed by atoms with van der Waals surface area (Å²) < 4.78 is 44.6. The summed E-state index contributed by atoms with van der Waals surface area (Å²) in [5.74, 6) is 1.31. The zero-order valence-corrected chi connectivity index (χ0v) is 16.9. The second-order valence-electron chi connectivity index (χ2n) is 7.99. The van der Waals surface area contributed by atoms with E-state index >= 15 is 0 Å². The summed E-state index contributed by atoms with van der Waals surface area (Å²) in [6.07, 6.45) is -2.36. The largest absolute Gasteiger partial charge is 0.446 e. The number of hydrogen-bond acceptors (Lipinski definition) is 6. The fraction of sp³-hybridized carbons (Fsp3) is 0.550. The Morgan fingerprint density at radius 2 is 2.10 bits per heavy atom. The van der Waals surface area contributed by atoms with Crippen molar-refractivity contribution in [3.8, 4) is 0 Å². The maximum atomic E-state index is 13.0. The molecule has 0 spiro atoms. The molecular weight excluding hydrogens is 413 g/mol. The third kappa shape index (κ3) is 6.09. The number of H-pyrrole nitrogens is 1. The monoisotopic (exact) mass is 438 g/mol. The van der Waals surface area contributed by atoms with Crippen LogP contribution in [0.1, 0.15) is 43.0 Å². The van der Waals surface area contributed by atoms with Crippen molar-refractivity contribution in [2.45, 2.75) is 50.4 Å². The molecule has 1 fully saturated rings. The van der Waals surface area contributed by atoms with Crippen LogP contribution in [0, 0.1) is 0 Å². The summed E-state index contributed by atoms with van der Waals surface area (Å²) in [5, 5.41) is 13.0. The standard InChI is InChI=1S/C20H25F3N6O2/c21-20(22,23)12-29-8-2-7-24-19(30)31-15-6-5-13(9-15)16-10-18(28-27-16)26-17-4-1-3-14(11-29)25-17/h1,3-4,10,13,15H,2,5-9,11-12H2,(H,24,30)(H2,25,26,27,28)/t13-,15+/m1/s1. The molecule has 0 aromatic carbocycles. The van der Waals surface area contributed by atoms with Crippen LogP contribution >= 0.6 is 0 Å². The number of carbonyl (C=O) groups excluding carboxylic acids is 1. The Labute approximate surface area is 177 Å². The van der Waals surface area contributed by atoms with Crippen LogP contribution in [0.5, 0.6) is 0 Å². The number of nitrogens with zero attached hydrogens (tertiary/aromatic N) is 3. The minimum atomic E-state index is -4.33. The van der Waals surface area contributed by atoms with Crippen LogP contribution in [0.2, 0.25) is 0 Å². The quantitative estimate of drug-likeness (QED) is 0.629. The molecule has 3 N–H and O–H groups in total. The van der Waals surface area contributed by atoms with Crippen molar-refractivity contribution in [1.29, 1.82) is 0 Å². The minimum absolute atomic E-state index is 0.0371. The van der Waals surface area contributed by atoms with Gasteiger partial charge in [0.05, 0.1) is 12.2 Å². The van der Waals surface area contributed by atoms with Crippen molar-refractivity contribution in [2.75, 3.05) is 25.0 Å². The van der Waals surface area contributed by atoms with Gasteiger partial charge in [-0.2, -0.15) is 18.3 Å². The zero-order valence-electron chi connectivity index (χ0n) is 16.9. The average molecular weight is 438 g/mol. The van der Waals surface area contributed by atoms with E-state index in [-0.39, 0.29) is 31.7 Å². The number of alkyl halides is 3. The van der Waals surface area contributed by atoms with E-state index in [4.69, 9.17) is 4.74 Å². The molecule has 0 unspecified atom stereocenters. The van der Waals surface area contributed by atoms with Crippen LogP contribution in [-0.4, -0.2) is 58.1 Å². The van der Waals surface area contributed by atoms with E-state index in [0.717, 1.165) is 18.5 Å². The molecule has 2 aromatic rings. The maximum Gasteiger partial charge on any atom is 0.407 e. The van der Waals surface area contributed by atoms with Gasteiger partial charge in [-0.1, -0.05) is 6.07 Å². The highest BCUT2D eigenvalue weighted by molar-refractivity contribution is 5.67. The molecule has 1 aliphatic carbocycles. The van der Waals surface area contributed by atoms with Gasteiger partial charge in [-0.05, 0) is 37.8 Å². The molecule has 0 radical (unpaired) electrons. The Bertz CT molecular complexity index is 903. The van der Waals surface area contributed by atoms with Crippen LogP contribution < -0.4 is 10.6 Å². The van der Waals surface area contributed by atoms with Crippen LogP contribution in [0.3, 0.4) is 0 Å². The highest BCUT2D eigenvalue weighted by Crippen LogP contribution is 2.36. The number of alkyl carbamates (subject to hydrolysis) is 1. The van der Waals surface area contributed by atoms with Crippen LogP contribution in [0.15, 0.2) is 24.3 Å². The number of anilines is 2. The first-order chi connectivity index (χ1) is 14.8. The van der Waals surface area contributed by atoms with E-state index in [1.165, 1.54) is 4.90 Å². The molecule has 11 heteroatoms. The van der Waals surface area contributed by atoms with Crippen molar-refractivity contribution < 1.29 is 22.7 Å². The predicted molar refractivity (Wildman–Crippen MR) is 107 cm³/mol. The highest BCUT2D eigenvalue weighted by atomic mass is 19.4. The number of ether oxygens (including phenoxy) is 1. The van der Waals surface area contributed by atoms with Gasteiger partial charge >= 0.3 is 12.3 Å². The summed E-state index contributed by atoms with van der Waals surface area (Å²) >= 11 is 0. The van der Waals surface area contributed by atoms with Gasteiger partial charge in [-0.3, -0.25) is 10.00 Å². The summed E-state index contributed by atoms with van der Waals surface area (Å²) in [5.41, 5.74) is 1.46. The Kier molecular flexibility index (Phi) is 6.30. The van der Waals surface area contributed by atoms with Gasteiger partial charge in [-0.15, -0.1) is 0 Å². The molecular formula is C20H25F3N6O2. The summed E-state index contributed by atoms with van der Waals surface area (Å²) in [6, 6.07) is 7.08. The number of fused-ring (bicyclic) bond motifs is 7. The molecule has 31 heavy (non-hydrogen) atoms. The number of pyridine rings is 1. The fourth-order valence-electron chi connectivity index (χ4n) is 4.09. The summed E-state index contributed by atoms with van der Waals surface area (Å²) in [4.78, 5) is 17.8. The highest BCUT2D eigenvalue weighted by Gasteiger charge is 2.31. The molecule has 2 aromatic heterocycles. The molecule has 168 valence electrons. The molecule has 4 rings (SSSR count). The van der Waals surface area contributed by atoms with Gasteiger partial charge in [0, 0.05) is 37.3 Å². The van der Waals surface area contributed by atoms with Gasteiger partial charge in [0.2, 0.25) is 0 Å². The van der Waals surface area contributed by atoms with E-state index in [1.807, 2.05) is 6.07 Å². The molecule has 1 amide bonds. The van der Waals surface area contributed by atoms with Gasteiger partial charge in [-0.25, -0.2) is 9.78 Å². The summed E-state index contributed by atoms with van der Waals surface area (Å²) in [7, 11) is 0. The average Bonchev–Trinajstić information content (AvgIpc) is 3.33. The van der Waals surface area contributed by atoms with Gasteiger partial charge in [0.25, 0.3) is 0 Å². The van der Waals surface area contributed by atoms with Crippen molar-refractivity contribution in [3.63, 3.8) is 0 Å². The van der Waals surface area contributed by atoms with Crippen molar-refractivity contribution in [1.82, 2.24) is 25.4 Å². The fourth-order valence-corrected chi connectivity index (χ4v) is 4.09. The molecule has 6 bridgehead atoms. The van der Waals surface area contributed by atoms with Crippen LogP contribution in [0.25, 0.3) is 0 Å². The lowest BCUT2D eigenvalue weighted by molar-refractivity contribution is -0.147.